The van der Waals surface area contributed by atoms with Crippen LogP contribution < -0.4 is 5.73 Å². The summed E-state index contributed by atoms with van der Waals surface area (Å²) in [4.78, 5) is 14.6. The molecule has 0 atom stereocenters. The zero-order valence-corrected chi connectivity index (χ0v) is 19.6. The van der Waals surface area contributed by atoms with Gasteiger partial charge in [0.15, 0.2) is 0 Å². The molecule has 33 heavy (non-hydrogen) atoms. The van der Waals surface area contributed by atoms with E-state index in [1.807, 2.05) is 12.1 Å². The number of sulfonamides is 1. The number of carbonyl (C=O) groups excluding carboxylic acids is 1. The number of benzene rings is 3. The predicted molar refractivity (Wildman–Crippen MR) is 130 cm³/mol. The Morgan fingerprint density at radius 3 is 2.24 bits per heavy atom. The fourth-order valence-electron chi connectivity index (χ4n) is 3.94. The molecule has 1 saturated heterocycles. The number of rotatable bonds is 6. The monoisotopic (exact) mass is 484 g/mol. The van der Waals surface area contributed by atoms with Crippen molar-refractivity contribution in [1.29, 1.82) is 5.41 Å². The van der Waals surface area contributed by atoms with Crippen molar-refractivity contribution in [2.75, 3.05) is 26.2 Å². The molecule has 9 heteroatoms. The van der Waals surface area contributed by atoms with Gasteiger partial charge < -0.3 is 10.6 Å². The quantitative estimate of drug-likeness (QED) is 0.413. The van der Waals surface area contributed by atoms with E-state index in [4.69, 9.17) is 22.7 Å². The second-order valence-electron chi connectivity index (χ2n) is 8.05. The van der Waals surface area contributed by atoms with Crippen molar-refractivity contribution in [2.24, 2.45) is 5.73 Å². The molecule has 1 heterocycles. The van der Waals surface area contributed by atoms with Crippen molar-refractivity contribution in [3.8, 4) is 0 Å². The zero-order valence-electron chi connectivity index (χ0n) is 18.0. The van der Waals surface area contributed by atoms with Gasteiger partial charge >= 0.3 is 0 Å². The van der Waals surface area contributed by atoms with Gasteiger partial charge in [0.05, 0.1) is 4.90 Å². The SMILES string of the molecule is N=C(N)c1ccc(CCC(=O)N2CCN(S(=O)(=O)c3ccc4cc(Cl)ccc4c3)CC2)cc1. The van der Waals surface area contributed by atoms with Crippen LogP contribution in [0, 0.1) is 5.41 Å². The highest BCUT2D eigenvalue weighted by atomic mass is 35.5. The largest absolute Gasteiger partial charge is 0.384 e. The lowest BCUT2D eigenvalue weighted by Crippen LogP contribution is -2.50. The third-order valence-corrected chi connectivity index (χ3v) is 8.03. The summed E-state index contributed by atoms with van der Waals surface area (Å²) >= 11 is 6.01. The van der Waals surface area contributed by atoms with Gasteiger partial charge in [-0.05, 0) is 47.0 Å². The maximum Gasteiger partial charge on any atom is 0.243 e. The summed E-state index contributed by atoms with van der Waals surface area (Å²) in [5.41, 5.74) is 7.11. The Bertz CT molecular complexity index is 1300. The minimum absolute atomic E-state index is 0.00489. The fraction of sp³-hybridized carbons (Fsp3) is 0.250. The average molecular weight is 485 g/mol. The molecule has 1 amide bonds. The summed E-state index contributed by atoms with van der Waals surface area (Å²) in [5.74, 6) is 0.0174. The average Bonchev–Trinajstić information content (AvgIpc) is 2.82. The van der Waals surface area contributed by atoms with Crippen molar-refractivity contribution in [3.63, 3.8) is 0 Å². The Labute approximate surface area is 198 Å². The van der Waals surface area contributed by atoms with E-state index in [0.717, 1.165) is 16.3 Å². The molecule has 0 bridgehead atoms. The number of hydrogen-bond acceptors (Lipinski definition) is 4. The number of halogens is 1. The number of piperazine rings is 1. The lowest BCUT2D eigenvalue weighted by Gasteiger charge is -2.34. The van der Waals surface area contributed by atoms with Crippen molar-refractivity contribution >= 4 is 44.1 Å². The van der Waals surface area contributed by atoms with Gasteiger partial charge in [-0.15, -0.1) is 0 Å². The van der Waals surface area contributed by atoms with Crippen LogP contribution in [-0.4, -0.2) is 55.5 Å². The maximum absolute atomic E-state index is 13.1. The molecule has 0 spiro atoms. The summed E-state index contributed by atoms with van der Waals surface area (Å²) < 4.78 is 27.7. The van der Waals surface area contributed by atoms with Crippen LogP contribution >= 0.6 is 11.6 Å². The smallest absolute Gasteiger partial charge is 0.243 e. The Balaban J connectivity index is 1.35. The zero-order chi connectivity index (χ0) is 23.6. The van der Waals surface area contributed by atoms with Gasteiger partial charge in [0, 0.05) is 43.2 Å². The number of nitrogens with one attached hydrogen (secondary N) is 1. The first kappa shape index (κ1) is 23.2. The van der Waals surface area contributed by atoms with Crippen molar-refractivity contribution in [2.45, 2.75) is 17.7 Å². The third-order valence-electron chi connectivity index (χ3n) is 5.90. The van der Waals surface area contributed by atoms with Crippen LogP contribution in [0.1, 0.15) is 17.5 Å². The van der Waals surface area contributed by atoms with Gasteiger partial charge in [-0.25, -0.2) is 8.42 Å². The van der Waals surface area contributed by atoms with Crippen LogP contribution in [0.15, 0.2) is 65.6 Å². The number of nitrogens with zero attached hydrogens (tertiary/aromatic N) is 2. The van der Waals surface area contributed by atoms with Crippen LogP contribution in [-0.2, 0) is 21.2 Å². The van der Waals surface area contributed by atoms with Crippen LogP contribution in [0.5, 0.6) is 0 Å². The van der Waals surface area contributed by atoms with Gasteiger partial charge in [0.2, 0.25) is 15.9 Å². The van der Waals surface area contributed by atoms with Crippen LogP contribution in [0.4, 0.5) is 0 Å². The van der Waals surface area contributed by atoms with Crippen molar-refractivity contribution in [1.82, 2.24) is 9.21 Å². The van der Waals surface area contributed by atoms with E-state index in [0.29, 0.717) is 36.5 Å². The van der Waals surface area contributed by atoms with E-state index in [-0.39, 0.29) is 29.7 Å². The summed E-state index contributed by atoms with van der Waals surface area (Å²) in [7, 11) is -3.64. The second kappa shape index (κ2) is 9.51. The standard InChI is InChI=1S/C24H25ClN4O3S/c25-21-8-6-20-16-22(9-7-19(20)15-21)33(31,32)29-13-11-28(12-14-29)23(30)10-3-17-1-4-18(5-2-17)24(26)27/h1-2,4-9,15-16H,3,10-14H2,(H3,26,27). The number of nitrogen functional groups attached to an aromatic ring is 1. The van der Waals surface area contributed by atoms with Crippen molar-refractivity contribution < 1.29 is 13.2 Å². The number of amides is 1. The molecule has 3 N–H and O–H groups in total. The molecule has 1 aliphatic rings. The third kappa shape index (κ3) is 5.19. The molecule has 7 nitrogen and oxygen atoms in total. The molecule has 4 rings (SSSR count). The Morgan fingerprint density at radius 2 is 1.58 bits per heavy atom. The van der Waals surface area contributed by atoms with Crippen LogP contribution in [0.3, 0.4) is 0 Å². The maximum atomic E-state index is 13.1. The van der Waals surface area contributed by atoms with E-state index in [1.165, 1.54) is 4.31 Å². The minimum Gasteiger partial charge on any atom is -0.384 e. The van der Waals surface area contributed by atoms with E-state index in [2.05, 4.69) is 0 Å². The highest BCUT2D eigenvalue weighted by Gasteiger charge is 2.30. The Kier molecular flexibility index (Phi) is 6.69. The molecule has 1 fully saturated rings. The van der Waals surface area contributed by atoms with E-state index in [9.17, 15) is 13.2 Å². The summed E-state index contributed by atoms with van der Waals surface area (Å²) in [6.07, 6.45) is 0.927. The molecular weight excluding hydrogens is 460 g/mol. The van der Waals surface area contributed by atoms with Crippen molar-refractivity contribution in [3.05, 3.63) is 76.8 Å². The van der Waals surface area contributed by atoms with Gasteiger partial charge in [-0.1, -0.05) is 48.0 Å². The number of amidine groups is 1. The summed E-state index contributed by atoms with van der Waals surface area (Å²) in [5, 5.41) is 9.73. The number of aryl methyl sites for hydroxylation is 1. The molecule has 0 unspecified atom stereocenters. The first-order chi connectivity index (χ1) is 15.7. The molecule has 0 radical (unpaired) electrons. The number of fused-ring (bicyclic) bond motifs is 1. The highest BCUT2D eigenvalue weighted by molar-refractivity contribution is 7.89. The summed E-state index contributed by atoms with van der Waals surface area (Å²) in [6.45, 7) is 1.26. The van der Waals surface area contributed by atoms with Gasteiger partial charge in [0.25, 0.3) is 0 Å². The lowest BCUT2D eigenvalue weighted by molar-refractivity contribution is -0.132. The van der Waals surface area contributed by atoms with Crippen LogP contribution in [0.25, 0.3) is 10.8 Å². The van der Waals surface area contributed by atoms with Crippen LogP contribution in [0.2, 0.25) is 5.02 Å². The molecular formula is C24H25ClN4O3S. The molecule has 0 aromatic heterocycles. The number of nitrogens with two attached hydrogens (primary N) is 1. The summed E-state index contributed by atoms with van der Waals surface area (Å²) in [6, 6.07) is 17.6. The lowest BCUT2D eigenvalue weighted by atomic mass is 10.1. The van der Waals surface area contributed by atoms with E-state index >= 15 is 0 Å². The minimum atomic E-state index is -3.64. The molecule has 172 valence electrons. The molecule has 0 saturated carbocycles. The molecule has 3 aromatic carbocycles. The first-order valence-electron chi connectivity index (χ1n) is 10.6. The normalized spacial score (nSPS) is 15.0. The second-order valence-corrected chi connectivity index (χ2v) is 10.4. The fourth-order valence-corrected chi connectivity index (χ4v) is 5.58. The number of hydrogen-bond donors (Lipinski definition) is 2. The first-order valence-corrected chi connectivity index (χ1v) is 12.5. The van der Waals surface area contributed by atoms with E-state index < -0.39 is 10.0 Å². The predicted octanol–water partition coefficient (Wildman–Crippen LogP) is 3.24. The topological polar surface area (TPSA) is 108 Å². The Morgan fingerprint density at radius 1 is 0.939 bits per heavy atom. The molecule has 1 aliphatic heterocycles. The van der Waals surface area contributed by atoms with Gasteiger partial charge in [-0.2, -0.15) is 4.31 Å². The van der Waals surface area contributed by atoms with Gasteiger partial charge in [-0.3, -0.25) is 10.2 Å². The number of carbonyl (C=O) groups is 1. The molecule has 3 aromatic rings. The molecule has 0 aliphatic carbocycles. The van der Waals surface area contributed by atoms with E-state index in [1.54, 1.807) is 53.4 Å². The van der Waals surface area contributed by atoms with Gasteiger partial charge in [0.1, 0.15) is 5.84 Å². The highest BCUT2D eigenvalue weighted by Crippen LogP contribution is 2.25. The Hall–Kier alpha value is -2.94.